The Bertz CT molecular complexity index is 274. The monoisotopic (exact) mass is 220 g/mol. The van der Waals surface area contributed by atoms with Crippen molar-refractivity contribution in [2.45, 2.75) is 18.5 Å². The molecular weight excluding hydrogens is 217 g/mol. The van der Waals surface area contributed by atoms with Crippen LogP contribution >= 0.6 is 0 Å². The molecule has 0 bridgehead atoms. The number of hydrogen-bond donors (Lipinski definition) is 0. The molecule has 0 nitrogen and oxygen atoms in total. The quantitative estimate of drug-likeness (QED) is 0.546. The zero-order valence-electron chi connectivity index (χ0n) is 6.65. The Morgan fingerprint density at radius 3 is 1.29 bits per heavy atom. The molecule has 1 rings (SSSR count). The number of alkyl halides is 3. The largest absolute Gasteiger partial charge is 0.354 e. The summed E-state index contributed by atoms with van der Waals surface area (Å²) in [5.74, 6) is -16.3. The van der Waals surface area contributed by atoms with Crippen molar-refractivity contribution in [1.29, 1.82) is 0 Å². The predicted octanol–water partition coefficient (Wildman–Crippen LogP) is 3.66. The molecule has 0 atom stereocenters. The molecule has 1 aliphatic rings. The summed E-state index contributed by atoms with van der Waals surface area (Å²) >= 11 is 0. The maximum absolute atomic E-state index is 12.8. The number of halogens is 7. The summed E-state index contributed by atoms with van der Waals surface area (Å²) in [4.78, 5) is 0. The zero-order valence-corrected chi connectivity index (χ0v) is 6.65. The Hall–Kier alpha value is -1.01. The van der Waals surface area contributed by atoms with Crippen LogP contribution in [0.2, 0.25) is 0 Å². The molecule has 0 aliphatic heterocycles. The summed E-state index contributed by atoms with van der Waals surface area (Å²) in [5.41, 5.74) is -3.81. The third kappa shape index (κ3) is 1.14. The highest BCUT2D eigenvalue weighted by Gasteiger charge is 2.57. The number of hydrogen-bond acceptors (Lipinski definition) is 0. The molecule has 7 heteroatoms. The molecule has 0 spiro atoms. The first kappa shape index (κ1) is 11.1. The molecule has 0 saturated heterocycles. The molecule has 80 valence electrons. The van der Waals surface area contributed by atoms with Crippen molar-refractivity contribution >= 4 is 0 Å². The van der Waals surface area contributed by atoms with Crippen LogP contribution in [0.3, 0.4) is 0 Å². The minimum Gasteiger partial charge on any atom is -0.228 e. The average molecular weight is 220 g/mol. The summed E-state index contributed by atoms with van der Waals surface area (Å²) in [6.07, 6.45) is 0. The average Bonchev–Trinajstić information content (AvgIpc) is 2.11. The van der Waals surface area contributed by atoms with Crippen molar-refractivity contribution < 1.29 is 30.7 Å². The first-order chi connectivity index (χ1) is 6.13. The van der Waals surface area contributed by atoms with E-state index in [-0.39, 0.29) is 6.92 Å². The van der Waals surface area contributed by atoms with Crippen LogP contribution in [0.1, 0.15) is 6.92 Å². The Kier molecular flexibility index (Phi) is 2.17. The van der Waals surface area contributed by atoms with Gasteiger partial charge in [-0.1, -0.05) is 0 Å². The lowest BCUT2D eigenvalue weighted by Gasteiger charge is -2.26. The van der Waals surface area contributed by atoms with Gasteiger partial charge in [0.15, 0.2) is 11.7 Å². The van der Waals surface area contributed by atoms with Crippen LogP contribution in [0.25, 0.3) is 0 Å². The second-order valence-corrected chi connectivity index (χ2v) is 2.83. The molecule has 0 N–H and O–H groups in total. The van der Waals surface area contributed by atoms with Crippen molar-refractivity contribution in [3.05, 3.63) is 23.3 Å². The Balaban J connectivity index is 3.46. The van der Waals surface area contributed by atoms with E-state index in [0.29, 0.717) is 0 Å². The van der Waals surface area contributed by atoms with Crippen LogP contribution in [-0.4, -0.2) is 11.6 Å². The molecular formula is C7H3F7. The second kappa shape index (κ2) is 2.74. The van der Waals surface area contributed by atoms with E-state index in [1.165, 1.54) is 0 Å². The Labute approximate surface area is 73.7 Å². The van der Waals surface area contributed by atoms with Crippen LogP contribution in [0.4, 0.5) is 30.7 Å². The fourth-order valence-electron chi connectivity index (χ4n) is 0.881. The van der Waals surface area contributed by atoms with Gasteiger partial charge in [0.2, 0.25) is 17.3 Å². The van der Waals surface area contributed by atoms with E-state index < -0.39 is 34.9 Å². The van der Waals surface area contributed by atoms with Gasteiger partial charge >= 0.3 is 5.92 Å². The van der Waals surface area contributed by atoms with Crippen LogP contribution in [0, 0.1) is 0 Å². The highest BCUT2D eigenvalue weighted by molar-refractivity contribution is 5.40. The van der Waals surface area contributed by atoms with Crippen LogP contribution in [-0.2, 0) is 0 Å². The maximum atomic E-state index is 12.8. The highest BCUT2D eigenvalue weighted by atomic mass is 19.3. The number of rotatable bonds is 0. The van der Waals surface area contributed by atoms with Gasteiger partial charge in [-0.2, -0.15) is 8.78 Å². The van der Waals surface area contributed by atoms with Gasteiger partial charge in [0.1, 0.15) is 0 Å². The molecule has 0 radical (unpaired) electrons. The van der Waals surface area contributed by atoms with E-state index in [2.05, 4.69) is 0 Å². The molecule has 0 saturated carbocycles. The van der Waals surface area contributed by atoms with Gasteiger partial charge in [-0.05, 0) is 6.92 Å². The van der Waals surface area contributed by atoms with E-state index in [1.807, 2.05) is 0 Å². The molecule has 0 amide bonds. The minimum atomic E-state index is -5.07. The lowest BCUT2D eigenvalue weighted by Crippen LogP contribution is -2.34. The molecule has 1 aliphatic carbocycles. The third-order valence-corrected chi connectivity index (χ3v) is 1.76. The first-order valence-electron chi connectivity index (χ1n) is 3.32. The summed E-state index contributed by atoms with van der Waals surface area (Å²) in [6, 6.07) is 0. The summed E-state index contributed by atoms with van der Waals surface area (Å²) in [5, 5.41) is 0. The summed E-state index contributed by atoms with van der Waals surface area (Å²) in [7, 11) is 0. The topological polar surface area (TPSA) is 0 Å². The summed E-state index contributed by atoms with van der Waals surface area (Å²) in [6.45, 7) is 0.103. The molecule has 0 heterocycles. The van der Waals surface area contributed by atoms with Gasteiger partial charge in [-0.3, -0.25) is 0 Å². The fraction of sp³-hybridized carbons (Fsp3) is 0.429. The molecule has 14 heavy (non-hydrogen) atoms. The van der Waals surface area contributed by atoms with Gasteiger partial charge in [-0.25, -0.2) is 22.0 Å². The Morgan fingerprint density at radius 1 is 0.714 bits per heavy atom. The normalized spacial score (nSPS) is 25.7. The van der Waals surface area contributed by atoms with Crippen molar-refractivity contribution in [2.75, 3.05) is 0 Å². The second-order valence-electron chi connectivity index (χ2n) is 2.83. The van der Waals surface area contributed by atoms with E-state index >= 15 is 0 Å². The van der Waals surface area contributed by atoms with Crippen molar-refractivity contribution in [3.63, 3.8) is 0 Å². The van der Waals surface area contributed by atoms with Crippen molar-refractivity contribution in [1.82, 2.24) is 0 Å². The zero-order chi connectivity index (χ0) is 11.3. The van der Waals surface area contributed by atoms with E-state index in [1.54, 1.807) is 0 Å². The van der Waals surface area contributed by atoms with Crippen LogP contribution < -0.4 is 0 Å². The van der Waals surface area contributed by atoms with Gasteiger partial charge < -0.3 is 0 Å². The fourth-order valence-corrected chi connectivity index (χ4v) is 0.881. The maximum Gasteiger partial charge on any atom is 0.354 e. The molecule has 0 aromatic carbocycles. The van der Waals surface area contributed by atoms with Gasteiger partial charge in [0, 0.05) is 0 Å². The predicted molar refractivity (Wildman–Crippen MR) is 32.9 cm³/mol. The van der Waals surface area contributed by atoms with Gasteiger partial charge in [0.05, 0.1) is 0 Å². The lowest BCUT2D eigenvalue weighted by molar-refractivity contribution is 0.00512. The number of allylic oxidation sites excluding steroid dienone is 4. The van der Waals surface area contributed by atoms with Crippen LogP contribution in [0.15, 0.2) is 23.3 Å². The Morgan fingerprint density at radius 2 is 1.00 bits per heavy atom. The molecule has 0 fully saturated rings. The summed E-state index contributed by atoms with van der Waals surface area (Å²) < 4.78 is 87.1. The van der Waals surface area contributed by atoms with Crippen LogP contribution in [0.5, 0.6) is 0 Å². The van der Waals surface area contributed by atoms with Gasteiger partial charge in [0.25, 0.3) is 0 Å². The SMILES string of the molecule is CC1(F)C(F)=C(F)C(F)(F)C(F)=C1F. The van der Waals surface area contributed by atoms with E-state index in [9.17, 15) is 30.7 Å². The van der Waals surface area contributed by atoms with Crippen molar-refractivity contribution in [2.24, 2.45) is 0 Å². The van der Waals surface area contributed by atoms with Crippen molar-refractivity contribution in [3.8, 4) is 0 Å². The smallest absolute Gasteiger partial charge is 0.228 e. The highest BCUT2D eigenvalue weighted by Crippen LogP contribution is 2.50. The van der Waals surface area contributed by atoms with E-state index in [0.717, 1.165) is 0 Å². The standard InChI is InChI=1S/C7H3F7/c1-6(12)2(8)4(10)7(13,14)5(11)3(6)9/h1H3. The molecule has 0 unspecified atom stereocenters. The molecule has 0 aromatic heterocycles. The first-order valence-corrected chi connectivity index (χ1v) is 3.32. The van der Waals surface area contributed by atoms with Gasteiger partial charge in [-0.15, -0.1) is 0 Å². The minimum absolute atomic E-state index is 0.103. The lowest BCUT2D eigenvalue weighted by atomic mass is 9.95. The molecule has 0 aromatic rings. The third-order valence-electron chi connectivity index (χ3n) is 1.76. The van der Waals surface area contributed by atoms with E-state index in [4.69, 9.17) is 0 Å².